The number of aryl methyl sites for hydroxylation is 2. The molecule has 3 N–H and O–H groups in total. The number of nitrogens with zero attached hydrogens (tertiary/aromatic N) is 3. The number of aliphatic hydroxyl groups excluding tert-OH is 2. The lowest BCUT2D eigenvalue weighted by molar-refractivity contribution is -0.343. The van der Waals surface area contributed by atoms with E-state index in [1.165, 1.54) is 4.57 Å². The average molecular weight is 424 g/mol. The van der Waals surface area contributed by atoms with Crippen LogP contribution >= 0.6 is 7.82 Å². The van der Waals surface area contributed by atoms with E-state index in [2.05, 4.69) is 14.5 Å². The fourth-order valence-corrected chi connectivity index (χ4v) is 3.16. The third kappa shape index (κ3) is 4.58. The number of aromatic nitrogens is 4. The molecule has 3 rings (SSSR count). The van der Waals surface area contributed by atoms with Crippen molar-refractivity contribution in [2.45, 2.75) is 32.6 Å². The van der Waals surface area contributed by atoms with Crippen LogP contribution in [0.15, 0.2) is 21.7 Å². The van der Waals surface area contributed by atoms with Crippen molar-refractivity contribution in [2.75, 3.05) is 6.61 Å². The highest BCUT2D eigenvalue weighted by Crippen LogP contribution is 2.26. The van der Waals surface area contributed by atoms with E-state index in [0.717, 1.165) is 11.1 Å². The van der Waals surface area contributed by atoms with Gasteiger partial charge in [-0.25, -0.2) is 9.78 Å². The van der Waals surface area contributed by atoms with E-state index in [1.54, 1.807) is 12.1 Å². The van der Waals surface area contributed by atoms with Crippen molar-refractivity contribution >= 4 is 18.9 Å². The molecule has 29 heavy (non-hydrogen) atoms. The molecule has 0 fully saturated rings. The van der Waals surface area contributed by atoms with Crippen molar-refractivity contribution < 1.29 is 29.1 Å². The van der Waals surface area contributed by atoms with Gasteiger partial charge in [-0.15, -0.1) is 0 Å². The molecule has 0 bridgehead atoms. The Hall–Kier alpha value is -2.47. The Balaban J connectivity index is 2.13. The summed E-state index contributed by atoms with van der Waals surface area (Å²) in [6.45, 7) is 2.33. The Morgan fingerprint density at radius 1 is 1.17 bits per heavy atom. The predicted molar refractivity (Wildman–Crippen MR) is 96.1 cm³/mol. The quantitative estimate of drug-likeness (QED) is 0.288. The summed E-state index contributed by atoms with van der Waals surface area (Å²) in [5.74, 6) is -0.125. The number of H-pyrrole nitrogens is 1. The zero-order valence-electron chi connectivity index (χ0n) is 15.4. The maximum Gasteiger partial charge on any atom is 0.349 e. The molecule has 0 radical (unpaired) electrons. The first-order valence-electron chi connectivity index (χ1n) is 8.41. The molecule has 2 aliphatic rings. The molecule has 0 saturated carbocycles. The smallest absolute Gasteiger partial charge is 0.349 e. The molecule has 1 aromatic carbocycles. The number of aliphatic hydroxyl groups is 2. The molecular formula is C16H17N4O8P-2. The number of rotatable bonds is 6. The number of benzene rings is 1. The van der Waals surface area contributed by atoms with Crippen molar-refractivity contribution in [3.8, 4) is 11.5 Å². The van der Waals surface area contributed by atoms with E-state index < -0.39 is 37.9 Å². The molecule has 12 nitrogen and oxygen atoms in total. The van der Waals surface area contributed by atoms with Gasteiger partial charge >= 0.3 is 5.69 Å². The van der Waals surface area contributed by atoms with Crippen molar-refractivity contribution in [3.63, 3.8) is 0 Å². The van der Waals surface area contributed by atoms with Gasteiger partial charge in [0, 0.05) is 0 Å². The lowest BCUT2D eigenvalue weighted by Crippen LogP contribution is -2.37. The van der Waals surface area contributed by atoms with Crippen molar-refractivity contribution in [2.24, 2.45) is 0 Å². The number of phosphoric acid groups is 1. The summed E-state index contributed by atoms with van der Waals surface area (Å²) >= 11 is 0. The number of phosphoric ester groups is 1. The number of hydrogen-bond donors (Lipinski definition) is 3. The standard InChI is InChI=1S/C16H19N4O8P/c1-7-3-9-10(4-8(7)2)20(5-11(21)12(22)6-28-29(25,26)27)14-13(17-9)15(23)19-16(24)18-14/h3-4,11-12,21-22H,5-6H2,1-2H3,(H,19,23,24)(H2,25,26,27)/p-2. The van der Waals surface area contributed by atoms with Gasteiger partial charge in [0.05, 0.1) is 32.0 Å². The Morgan fingerprint density at radius 3 is 2.48 bits per heavy atom. The largest absolute Gasteiger partial charge is 0.790 e. The Morgan fingerprint density at radius 2 is 1.83 bits per heavy atom. The highest BCUT2D eigenvalue weighted by atomic mass is 31.2. The summed E-state index contributed by atoms with van der Waals surface area (Å²) in [5.41, 5.74) is 0.704. The fourth-order valence-electron chi connectivity index (χ4n) is 2.82. The molecule has 1 aromatic rings. The normalized spacial score (nSPS) is 14.4. The topological polar surface area (TPSA) is 194 Å². The van der Waals surface area contributed by atoms with Crippen LogP contribution in [0.4, 0.5) is 0 Å². The van der Waals surface area contributed by atoms with E-state index in [4.69, 9.17) is 0 Å². The SMILES string of the molecule is Cc1cc2nc3c(=O)[nH]c(=O)nc-3n(CC(O)C(O)COP(=O)([O-])[O-])c2cc1C. The van der Waals surface area contributed by atoms with Gasteiger partial charge in [-0.2, -0.15) is 4.98 Å². The molecular weight excluding hydrogens is 407 g/mol. The van der Waals surface area contributed by atoms with Crippen LogP contribution in [0.5, 0.6) is 0 Å². The molecule has 156 valence electrons. The number of aromatic amines is 1. The summed E-state index contributed by atoms with van der Waals surface area (Å²) in [6, 6.07) is 3.42. The molecule has 0 saturated heterocycles. The summed E-state index contributed by atoms with van der Waals surface area (Å²) < 4.78 is 15.9. The predicted octanol–water partition coefficient (Wildman–Crippen LogP) is -2.23. The van der Waals surface area contributed by atoms with E-state index in [1.807, 2.05) is 18.8 Å². The molecule has 0 amide bonds. The third-order valence-electron chi connectivity index (χ3n) is 4.44. The van der Waals surface area contributed by atoms with Crippen LogP contribution in [-0.4, -0.2) is 48.5 Å². The first kappa shape index (κ1) is 21.2. The van der Waals surface area contributed by atoms with Gasteiger partial charge in [-0.05, 0) is 37.1 Å². The molecule has 0 spiro atoms. The van der Waals surface area contributed by atoms with Crippen LogP contribution in [0.3, 0.4) is 0 Å². The highest BCUT2D eigenvalue weighted by molar-refractivity contribution is 7.43. The van der Waals surface area contributed by atoms with Crippen molar-refractivity contribution in [3.05, 3.63) is 44.1 Å². The first-order chi connectivity index (χ1) is 13.5. The van der Waals surface area contributed by atoms with E-state index in [9.17, 15) is 34.2 Å². The van der Waals surface area contributed by atoms with Crippen LogP contribution in [0.2, 0.25) is 0 Å². The van der Waals surface area contributed by atoms with Crippen LogP contribution in [0.1, 0.15) is 11.1 Å². The Labute approximate surface area is 163 Å². The lowest BCUT2D eigenvalue weighted by Gasteiger charge is -2.31. The first-order valence-corrected chi connectivity index (χ1v) is 9.87. The third-order valence-corrected chi connectivity index (χ3v) is 4.91. The number of hydrogen-bond acceptors (Lipinski definition) is 10. The highest BCUT2D eigenvalue weighted by Gasteiger charge is 2.24. The maximum absolute atomic E-state index is 12.2. The molecule has 0 aromatic heterocycles. The molecule has 2 unspecified atom stereocenters. The minimum atomic E-state index is -5.33. The summed E-state index contributed by atoms with van der Waals surface area (Å²) in [7, 11) is -5.33. The Bertz CT molecular complexity index is 1200. The van der Waals surface area contributed by atoms with Crippen molar-refractivity contribution in [1.82, 2.24) is 19.5 Å². The van der Waals surface area contributed by atoms with E-state index in [-0.39, 0.29) is 18.1 Å². The second-order valence-electron chi connectivity index (χ2n) is 6.57. The van der Waals surface area contributed by atoms with Crippen LogP contribution in [0, 0.1) is 13.8 Å². The number of nitrogens with one attached hydrogen (secondary N) is 1. The second-order valence-corrected chi connectivity index (χ2v) is 7.72. The molecule has 0 aliphatic carbocycles. The summed E-state index contributed by atoms with van der Waals surface area (Å²) in [6.07, 6.45) is -3.35. The molecule has 2 aliphatic heterocycles. The Kier molecular flexibility index (Phi) is 5.68. The summed E-state index contributed by atoms with van der Waals surface area (Å²) in [4.78, 5) is 55.0. The van der Waals surface area contributed by atoms with Crippen LogP contribution < -0.4 is 21.0 Å². The zero-order valence-corrected chi connectivity index (χ0v) is 16.3. The lowest BCUT2D eigenvalue weighted by atomic mass is 10.1. The van der Waals surface area contributed by atoms with Crippen LogP contribution in [-0.2, 0) is 15.6 Å². The molecule has 13 heteroatoms. The van der Waals surface area contributed by atoms with Gasteiger partial charge in [0.25, 0.3) is 5.56 Å². The van der Waals surface area contributed by atoms with E-state index >= 15 is 0 Å². The minimum absolute atomic E-state index is 0.125. The van der Waals surface area contributed by atoms with Crippen LogP contribution in [0.25, 0.3) is 22.6 Å². The fraction of sp³-hybridized carbons (Fsp3) is 0.375. The zero-order chi connectivity index (χ0) is 21.5. The molecule has 2 atom stereocenters. The van der Waals surface area contributed by atoms with Crippen molar-refractivity contribution in [1.29, 1.82) is 0 Å². The average Bonchev–Trinajstić information content (AvgIpc) is 2.61. The summed E-state index contributed by atoms with van der Waals surface area (Å²) in [5, 5.41) is 20.2. The second kappa shape index (κ2) is 7.75. The maximum atomic E-state index is 12.2. The molecule has 2 heterocycles. The van der Waals surface area contributed by atoms with E-state index in [0.29, 0.717) is 11.0 Å². The monoisotopic (exact) mass is 424 g/mol. The van der Waals surface area contributed by atoms with Gasteiger partial charge in [0.15, 0.2) is 11.5 Å². The number of fused-ring (bicyclic) bond motifs is 2. The van der Waals surface area contributed by atoms with Gasteiger partial charge < -0.3 is 33.7 Å². The minimum Gasteiger partial charge on any atom is -0.790 e. The van der Waals surface area contributed by atoms with Gasteiger partial charge in [0.1, 0.15) is 12.2 Å². The van der Waals surface area contributed by atoms with Gasteiger partial charge in [-0.3, -0.25) is 9.78 Å². The van der Waals surface area contributed by atoms with Gasteiger partial charge in [-0.1, -0.05) is 0 Å². The van der Waals surface area contributed by atoms with Gasteiger partial charge in [0.2, 0.25) is 0 Å².